The van der Waals surface area contributed by atoms with Gasteiger partial charge in [0, 0.05) is 11.8 Å². The maximum atomic E-state index is 6.31. The van der Waals surface area contributed by atoms with Gasteiger partial charge in [0.05, 0.1) is 27.5 Å². The molecule has 20 heavy (non-hydrogen) atoms. The van der Waals surface area contributed by atoms with Crippen LogP contribution in [-0.2, 0) is 0 Å². The lowest BCUT2D eigenvalue weighted by Gasteiger charge is -2.15. The largest absolute Gasteiger partial charge is 0.489 e. The standard InChI is InChI=1S/C15H18Cl2N2O/c1-8(2)20-15-7-14(12(16)6-13(15)17)19-11(5)9(3)10(4)18-19/h6-8H,1-5H3. The zero-order valence-electron chi connectivity index (χ0n) is 12.3. The van der Waals surface area contributed by atoms with Gasteiger partial charge in [-0.2, -0.15) is 5.10 Å². The van der Waals surface area contributed by atoms with Crippen molar-refractivity contribution in [2.45, 2.75) is 40.7 Å². The van der Waals surface area contributed by atoms with Gasteiger partial charge in [-0.3, -0.25) is 0 Å². The zero-order chi connectivity index (χ0) is 15.0. The second-order valence-corrected chi connectivity index (χ2v) is 5.92. The lowest BCUT2D eigenvalue weighted by atomic mass is 10.2. The van der Waals surface area contributed by atoms with E-state index >= 15 is 0 Å². The molecule has 2 aromatic rings. The van der Waals surface area contributed by atoms with Crippen LogP contribution in [0.3, 0.4) is 0 Å². The highest BCUT2D eigenvalue weighted by atomic mass is 35.5. The molecule has 0 unspecified atom stereocenters. The molecule has 0 spiro atoms. The summed E-state index contributed by atoms with van der Waals surface area (Å²) in [5.41, 5.74) is 3.98. The summed E-state index contributed by atoms with van der Waals surface area (Å²) < 4.78 is 7.54. The fourth-order valence-corrected chi connectivity index (χ4v) is 2.49. The van der Waals surface area contributed by atoms with Gasteiger partial charge in [0.25, 0.3) is 0 Å². The first-order valence-electron chi connectivity index (χ1n) is 6.50. The van der Waals surface area contributed by atoms with Gasteiger partial charge in [0.2, 0.25) is 0 Å². The number of benzene rings is 1. The summed E-state index contributed by atoms with van der Waals surface area (Å²) in [6, 6.07) is 3.53. The SMILES string of the molecule is Cc1nn(-c2cc(OC(C)C)c(Cl)cc2Cl)c(C)c1C. The first-order chi connectivity index (χ1) is 9.31. The third-order valence-corrected chi connectivity index (χ3v) is 3.84. The molecule has 0 aliphatic rings. The summed E-state index contributed by atoms with van der Waals surface area (Å²) in [4.78, 5) is 0. The number of aromatic nitrogens is 2. The zero-order valence-corrected chi connectivity index (χ0v) is 13.8. The van der Waals surface area contributed by atoms with E-state index in [0.29, 0.717) is 15.8 Å². The third-order valence-electron chi connectivity index (χ3n) is 3.25. The second-order valence-electron chi connectivity index (χ2n) is 5.11. The predicted octanol–water partition coefficient (Wildman–Crippen LogP) is 4.89. The molecule has 3 nitrogen and oxygen atoms in total. The number of halogens is 2. The molecule has 0 amide bonds. The molecule has 108 valence electrons. The van der Waals surface area contributed by atoms with Gasteiger partial charge >= 0.3 is 0 Å². The fraction of sp³-hybridized carbons (Fsp3) is 0.400. The molecule has 0 radical (unpaired) electrons. The normalized spacial score (nSPS) is 11.2. The Labute approximate surface area is 129 Å². The number of ether oxygens (including phenoxy) is 1. The molecule has 0 saturated carbocycles. The van der Waals surface area contributed by atoms with Crippen molar-refractivity contribution in [3.63, 3.8) is 0 Å². The van der Waals surface area contributed by atoms with Crippen LogP contribution in [0.15, 0.2) is 12.1 Å². The highest BCUT2D eigenvalue weighted by molar-refractivity contribution is 6.36. The summed E-state index contributed by atoms with van der Waals surface area (Å²) in [6.07, 6.45) is 0.0451. The van der Waals surface area contributed by atoms with Crippen LogP contribution in [0.25, 0.3) is 5.69 Å². The number of aryl methyl sites for hydroxylation is 1. The molecule has 0 fully saturated rings. The molecule has 1 heterocycles. The molecule has 1 aromatic heterocycles. The van der Waals surface area contributed by atoms with Crippen molar-refractivity contribution in [1.29, 1.82) is 0 Å². The average molecular weight is 313 g/mol. The molecular formula is C15H18Cl2N2O. The Kier molecular flexibility index (Phi) is 4.31. The Balaban J connectivity index is 2.58. The quantitative estimate of drug-likeness (QED) is 0.806. The van der Waals surface area contributed by atoms with E-state index < -0.39 is 0 Å². The van der Waals surface area contributed by atoms with Crippen molar-refractivity contribution in [3.8, 4) is 11.4 Å². The van der Waals surface area contributed by atoms with Crippen LogP contribution in [-0.4, -0.2) is 15.9 Å². The van der Waals surface area contributed by atoms with Crippen molar-refractivity contribution in [3.05, 3.63) is 39.1 Å². The van der Waals surface area contributed by atoms with Crippen molar-refractivity contribution >= 4 is 23.2 Å². The lowest BCUT2D eigenvalue weighted by Crippen LogP contribution is -2.07. The smallest absolute Gasteiger partial charge is 0.140 e. The minimum absolute atomic E-state index is 0.0451. The number of nitrogens with zero attached hydrogens (tertiary/aromatic N) is 2. The summed E-state index contributed by atoms with van der Waals surface area (Å²) in [7, 11) is 0. The summed E-state index contributed by atoms with van der Waals surface area (Å²) in [5.74, 6) is 0.617. The van der Waals surface area contributed by atoms with E-state index in [1.54, 1.807) is 6.07 Å². The predicted molar refractivity (Wildman–Crippen MR) is 83.6 cm³/mol. The van der Waals surface area contributed by atoms with Crippen LogP contribution in [0, 0.1) is 20.8 Å². The van der Waals surface area contributed by atoms with Gasteiger partial charge in [-0.05, 0) is 46.2 Å². The van der Waals surface area contributed by atoms with Crippen molar-refractivity contribution in [1.82, 2.24) is 9.78 Å². The van der Waals surface area contributed by atoms with Gasteiger partial charge in [-0.25, -0.2) is 4.68 Å². The van der Waals surface area contributed by atoms with Crippen LogP contribution in [0.5, 0.6) is 5.75 Å². The Bertz CT molecular complexity index is 648. The van der Waals surface area contributed by atoms with Crippen LogP contribution < -0.4 is 4.74 Å². The van der Waals surface area contributed by atoms with Crippen molar-refractivity contribution in [2.75, 3.05) is 0 Å². The highest BCUT2D eigenvalue weighted by Crippen LogP contribution is 2.34. The Hall–Kier alpha value is -1.19. The van der Waals surface area contributed by atoms with E-state index in [1.165, 1.54) is 0 Å². The van der Waals surface area contributed by atoms with E-state index in [4.69, 9.17) is 27.9 Å². The van der Waals surface area contributed by atoms with Gasteiger partial charge in [-0.15, -0.1) is 0 Å². The van der Waals surface area contributed by atoms with Crippen LogP contribution in [0.2, 0.25) is 10.0 Å². The second kappa shape index (κ2) is 5.66. The maximum Gasteiger partial charge on any atom is 0.140 e. The molecule has 0 saturated heterocycles. The number of hydrogen-bond donors (Lipinski definition) is 0. The maximum absolute atomic E-state index is 6.31. The molecule has 0 atom stereocenters. The monoisotopic (exact) mass is 312 g/mol. The third kappa shape index (κ3) is 2.79. The van der Waals surface area contributed by atoms with Crippen LogP contribution in [0.4, 0.5) is 0 Å². The summed E-state index contributed by atoms with van der Waals surface area (Å²) in [6.45, 7) is 9.96. The minimum atomic E-state index is 0.0451. The van der Waals surface area contributed by atoms with Crippen molar-refractivity contribution in [2.24, 2.45) is 0 Å². The fourth-order valence-electron chi connectivity index (χ4n) is 1.98. The van der Waals surface area contributed by atoms with E-state index in [0.717, 1.165) is 22.6 Å². The molecule has 0 aliphatic carbocycles. The lowest BCUT2D eigenvalue weighted by molar-refractivity contribution is 0.242. The van der Waals surface area contributed by atoms with E-state index in [2.05, 4.69) is 5.10 Å². The van der Waals surface area contributed by atoms with Gasteiger partial charge in [0.15, 0.2) is 0 Å². The van der Waals surface area contributed by atoms with Gasteiger partial charge in [0.1, 0.15) is 5.75 Å². The Morgan fingerprint density at radius 3 is 2.25 bits per heavy atom. The highest BCUT2D eigenvalue weighted by Gasteiger charge is 2.15. The summed E-state index contributed by atoms with van der Waals surface area (Å²) >= 11 is 12.5. The minimum Gasteiger partial charge on any atom is -0.489 e. The van der Waals surface area contributed by atoms with Gasteiger partial charge in [-0.1, -0.05) is 23.2 Å². The van der Waals surface area contributed by atoms with Crippen molar-refractivity contribution < 1.29 is 4.74 Å². The van der Waals surface area contributed by atoms with Crippen LogP contribution in [0.1, 0.15) is 30.8 Å². The molecule has 0 N–H and O–H groups in total. The van der Waals surface area contributed by atoms with E-state index in [9.17, 15) is 0 Å². The summed E-state index contributed by atoms with van der Waals surface area (Å²) in [5, 5.41) is 5.58. The molecule has 1 aromatic carbocycles. The van der Waals surface area contributed by atoms with E-state index in [-0.39, 0.29) is 6.10 Å². The van der Waals surface area contributed by atoms with Crippen LogP contribution >= 0.6 is 23.2 Å². The first-order valence-corrected chi connectivity index (χ1v) is 7.25. The molecule has 5 heteroatoms. The first kappa shape index (κ1) is 15.2. The van der Waals surface area contributed by atoms with E-state index in [1.807, 2.05) is 45.4 Å². The van der Waals surface area contributed by atoms with Gasteiger partial charge < -0.3 is 4.74 Å². The molecular weight excluding hydrogens is 295 g/mol. The average Bonchev–Trinajstić information content (AvgIpc) is 2.60. The molecule has 2 rings (SSSR count). The molecule has 0 bridgehead atoms. The number of rotatable bonds is 3. The number of hydrogen-bond acceptors (Lipinski definition) is 2. The topological polar surface area (TPSA) is 27.1 Å². The Morgan fingerprint density at radius 1 is 1.10 bits per heavy atom. The molecule has 0 aliphatic heterocycles. The Morgan fingerprint density at radius 2 is 1.75 bits per heavy atom.